The van der Waals surface area contributed by atoms with Crippen LogP contribution in [-0.4, -0.2) is 33.8 Å². The highest BCUT2D eigenvalue weighted by Crippen LogP contribution is 2.45. The van der Waals surface area contributed by atoms with Gasteiger partial charge >= 0.3 is 0 Å². The Kier molecular flexibility index (Phi) is 3.13. The van der Waals surface area contributed by atoms with Gasteiger partial charge < -0.3 is 10.0 Å². The first kappa shape index (κ1) is 14.6. The number of β-amino-alcohol motifs (C(OH)–C–C–N with tert-alkyl or cyclic N) is 1. The van der Waals surface area contributed by atoms with Gasteiger partial charge in [-0.3, -0.25) is 0 Å². The first-order valence-corrected chi connectivity index (χ1v) is 9.65. The monoisotopic (exact) mass is 340 g/mol. The van der Waals surface area contributed by atoms with Crippen LogP contribution in [-0.2, 0) is 12.8 Å². The second-order valence-corrected chi connectivity index (χ2v) is 8.57. The summed E-state index contributed by atoms with van der Waals surface area (Å²) in [6.45, 7) is 1.00. The number of rotatable bonds is 3. The zero-order valence-corrected chi connectivity index (χ0v) is 14.4. The fraction of sp³-hybridized carbons (Fsp3) is 0.611. The summed E-state index contributed by atoms with van der Waals surface area (Å²) in [6.07, 6.45) is 7.35. The number of nitriles is 1. The molecule has 2 fully saturated rings. The van der Waals surface area contributed by atoms with Crippen LogP contribution in [0.15, 0.2) is 0 Å². The third-order valence-corrected chi connectivity index (χ3v) is 6.62. The molecule has 1 saturated heterocycles. The second-order valence-electron chi connectivity index (χ2n) is 7.49. The number of aliphatic hydroxyl groups is 1. The number of anilines is 1. The maximum absolute atomic E-state index is 10.4. The lowest BCUT2D eigenvalue weighted by molar-refractivity contribution is 0.0163. The molecule has 0 radical (unpaired) electrons. The zero-order chi connectivity index (χ0) is 16.3. The van der Waals surface area contributed by atoms with Crippen molar-refractivity contribution in [1.82, 2.24) is 9.97 Å². The molecule has 2 aliphatic carbocycles. The third kappa shape index (κ3) is 2.22. The molecule has 5 rings (SSSR count). The molecule has 0 amide bonds. The van der Waals surface area contributed by atoms with Crippen molar-refractivity contribution in [2.45, 2.75) is 56.5 Å². The van der Waals surface area contributed by atoms with Crippen molar-refractivity contribution in [2.24, 2.45) is 0 Å². The molecular formula is C18H20N4OS. The van der Waals surface area contributed by atoms with Crippen LogP contribution in [0.4, 0.5) is 5.82 Å². The number of hydrogen-bond donors (Lipinski definition) is 1. The van der Waals surface area contributed by atoms with Crippen LogP contribution >= 0.6 is 11.3 Å². The summed E-state index contributed by atoms with van der Waals surface area (Å²) < 4.78 is 0. The molecule has 6 heteroatoms. The largest absolute Gasteiger partial charge is 0.385 e. The average molecular weight is 340 g/mol. The van der Waals surface area contributed by atoms with Crippen molar-refractivity contribution in [3.63, 3.8) is 0 Å². The molecule has 0 unspecified atom stereocenters. The van der Waals surface area contributed by atoms with Crippen LogP contribution < -0.4 is 4.90 Å². The molecule has 2 aromatic rings. The van der Waals surface area contributed by atoms with Gasteiger partial charge in [0.15, 0.2) is 0 Å². The highest BCUT2D eigenvalue weighted by atomic mass is 32.1. The van der Waals surface area contributed by atoms with Crippen molar-refractivity contribution >= 4 is 27.4 Å². The van der Waals surface area contributed by atoms with Crippen LogP contribution in [0.5, 0.6) is 0 Å². The number of aromatic nitrogens is 2. The van der Waals surface area contributed by atoms with Crippen LogP contribution in [0.25, 0.3) is 10.2 Å². The normalized spacial score (nSPS) is 22.1. The van der Waals surface area contributed by atoms with Gasteiger partial charge in [-0.1, -0.05) is 0 Å². The molecule has 3 aliphatic rings. The van der Waals surface area contributed by atoms with E-state index in [1.807, 2.05) is 11.3 Å². The van der Waals surface area contributed by atoms with Crippen molar-refractivity contribution in [3.8, 4) is 6.07 Å². The molecular weight excluding hydrogens is 320 g/mol. The Morgan fingerprint density at radius 1 is 1.25 bits per heavy atom. The molecule has 0 spiro atoms. The van der Waals surface area contributed by atoms with Gasteiger partial charge in [0.25, 0.3) is 0 Å². The maximum Gasteiger partial charge on any atom is 0.141 e. The van der Waals surface area contributed by atoms with Crippen molar-refractivity contribution < 1.29 is 5.11 Å². The predicted molar refractivity (Wildman–Crippen MR) is 93.4 cm³/mol. The van der Waals surface area contributed by atoms with Crippen molar-refractivity contribution in [2.75, 3.05) is 18.0 Å². The summed E-state index contributed by atoms with van der Waals surface area (Å²) in [5, 5.41) is 20.5. The number of thiophene rings is 1. The maximum atomic E-state index is 10.4. The number of nitrogens with zero attached hydrogens (tertiary/aromatic N) is 4. The van der Waals surface area contributed by atoms with E-state index < -0.39 is 5.60 Å². The molecule has 1 saturated carbocycles. The summed E-state index contributed by atoms with van der Waals surface area (Å²) in [4.78, 5) is 14.6. The van der Waals surface area contributed by atoms with E-state index in [-0.39, 0.29) is 6.42 Å². The molecule has 0 atom stereocenters. The molecule has 124 valence electrons. The summed E-state index contributed by atoms with van der Waals surface area (Å²) in [7, 11) is 0. The van der Waals surface area contributed by atoms with E-state index in [2.05, 4.69) is 11.0 Å². The van der Waals surface area contributed by atoms with Gasteiger partial charge in [-0.2, -0.15) is 5.26 Å². The predicted octanol–water partition coefficient (Wildman–Crippen LogP) is 2.91. The molecule has 1 N–H and O–H groups in total. The molecule has 0 bridgehead atoms. The summed E-state index contributed by atoms with van der Waals surface area (Å²) >= 11 is 1.84. The van der Waals surface area contributed by atoms with Crippen molar-refractivity contribution in [3.05, 3.63) is 16.3 Å². The Hall–Kier alpha value is -1.71. The highest BCUT2D eigenvalue weighted by Gasteiger charge is 2.43. The fourth-order valence-corrected chi connectivity index (χ4v) is 5.24. The average Bonchev–Trinajstić information content (AvgIpc) is 3.32. The summed E-state index contributed by atoms with van der Waals surface area (Å²) in [6, 6.07) is 2.10. The first-order valence-electron chi connectivity index (χ1n) is 8.83. The van der Waals surface area contributed by atoms with Crippen molar-refractivity contribution in [1.29, 1.82) is 5.26 Å². The molecule has 5 nitrogen and oxygen atoms in total. The number of aryl methyl sites for hydroxylation is 2. The lowest BCUT2D eigenvalue weighted by Gasteiger charge is -2.46. The van der Waals surface area contributed by atoms with Crippen LogP contribution in [0, 0.1) is 11.3 Å². The van der Waals surface area contributed by atoms with E-state index in [4.69, 9.17) is 15.2 Å². The Morgan fingerprint density at radius 3 is 2.79 bits per heavy atom. The molecule has 0 aromatic carbocycles. The summed E-state index contributed by atoms with van der Waals surface area (Å²) in [5.74, 6) is 2.50. The second kappa shape index (κ2) is 5.14. The standard InChI is InChI=1S/C18H20N4OS/c19-8-7-18(23)9-22(10-18)16-14-12-3-1-2-4-13(12)24-17(14)21-15(20-16)11-5-6-11/h11,23H,1-7,9-10H2. The van der Waals surface area contributed by atoms with E-state index in [1.165, 1.54) is 41.5 Å². The Labute approximate surface area is 145 Å². The third-order valence-electron chi connectivity index (χ3n) is 5.43. The minimum Gasteiger partial charge on any atom is -0.385 e. The number of hydrogen-bond acceptors (Lipinski definition) is 6. The minimum atomic E-state index is -0.873. The molecule has 1 aliphatic heterocycles. The lowest BCUT2D eigenvalue weighted by atomic mass is 9.90. The van der Waals surface area contributed by atoms with Gasteiger partial charge in [0.1, 0.15) is 22.1 Å². The topological polar surface area (TPSA) is 73.0 Å². The summed E-state index contributed by atoms with van der Waals surface area (Å²) in [5.41, 5.74) is 0.566. The van der Waals surface area contributed by atoms with E-state index in [0.29, 0.717) is 19.0 Å². The van der Waals surface area contributed by atoms with Gasteiger partial charge in [0.2, 0.25) is 0 Å². The highest BCUT2D eigenvalue weighted by molar-refractivity contribution is 7.19. The Bertz CT molecular complexity index is 858. The van der Waals surface area contributed by atoms with Gasteiger partial charge in [-0.05, 0) is 44.1 Å². The zero-order valence-electron chi connectivity index (χ0n) is 13.6. The Balaban J connectivity index is 1.61. The quantitative estimate of drug-likeness (QED) is 0.930. The molecule has 24 heavy (non-hydrogen) atoms. The van der Waals surface area contributed by atoms with Gasteiger partial charge in [-0.25, -0.2) is 9.97 Å². The SMILES string of the molecule is N#CCC1(O)CN(c2nc(C3CC3)nc3sc4c(c23)CCCC4)C1. The van der Waals surface area contributed by atoms with Crippen LogP contribution in [0.1, 0.15) is 54.3 Å². The molecule has 2 aromatic heterocycles. The van der Waals surface area contributed by atoms with E-state index >= 15 is 0 Å². The van der Waals surface area contributed by atoms with E-state index in [0.717, 1.165) is 29.3 Å². The van der Waals surface area contributed by atoms with Crippen LogP contribution in [0.2, 0.25) is 0 Å². The fourth-order valence-electron chi connectivity index (χ4n) is 3.98. The minimum absolute atomic E-state index is 0.189. The van der Waals surface area contributed by atoms with E-state index in [9.17, 15) is 5.11 Å². The van der Waals surface area contributed by atoms with E-state index in [1.54, 1.807) is 0 Å². The lowest BCUT2D eigenvalue weighted by Crippen LogP contribution is -2.62. The molecule has 3 heterocycles. The first-order chi connectivity index (χ1) is 11.7. The Morgan fingerprint density at radius 2 is 2.04 bits per heavy atom. The van der Waals surface area contributed by atoms with Gasteiger partial charge in [0, 0.05) is 10.8 Å². The van der Waals surface area contributed by atoms with Crippen LogP contribution in [0.3, 0.4) is 0 Å². The van der Waals surface area contributed by atoms with Gasteiger partial charge in [0.05, 0.1) is 31.0 Å². The number of fused-ring (bicyclic) bond motifs is 3. The van der Waals surface area contributed by atoms with Gasteiger partial charge in [-0.15, -0.1) is 11.3 Å². The smallest absolute Gasteiger partial charge is 0.141 e.